The van der Waals surface area contributed by atoms with E-state index in [4.69, 9.17) is 0 Å². The number of sulfonamides is 1. The minimum atomic E-state index is -3.75. The fourth-order valence-corrected chi connectivity index (χ4v) is 4.02. The van der Waals surface area contributed by atoms with Crippen LogP contribution in [0.3, 0.4) is 0 Å². The first-order chi connectivity index (χ1) is 13.1. The van der Waals surface area contributed by atoms with Crippen molar-refractivity contribution in [3.05, 3.63) is 47.9 Å². The third-order valence-corrected chi connectivity index (χ3v) is 5.55. The highest BCUT2D eigenvalue weighted by Crippen LogP contribution is 2.20. The molecule has 2 aromatic heterocycles. The molecular weight excluding hydrogens is 378 g/mol. The number of fused-ring (bicyclic) bond motifs is 1. The van der Waals surface area contributed by atoms with Crippen LogP contribution < -0.4 is 4.72 Å². The Morgan fingerprint density at radius 1 is 1.21 bits per heavy atom. The lowest BCUT2D eigenvalue weighted by atomic mass is 9.94. The van der Waals surface area contributed by atoms with Gasteiger partial charge in [0, 0.05) is 11.6 Å². The second-order valence-corrected chi connectivity index (χ2v) is 9.72. The number of pyridine rings is 1. The summed E-state index contributed by atoms with van der Waals surface area (Å²) in [4.78, 5) is 16.7. The van der Waals surface area contributed by atoms with E-state index in [1.54, 1.807) is 13.1 Å². The summed E-state index contributed by atoms with van der Waals surface area (Å²) in [6, 6.07) is 9.31. The first-order valence-corrected chi connectivity index (χ1v) is 10.5. The smallest absolute Gasteiger partial charge is 0.266 e. The highest BCUT2D eigenvalue weighted by atomic mass is 32.2. The van der Waals surface area contributed by atoms with Gasteiger partial charge in [0.25, 0.3) is 5.91 Å². The highest BCUT2D eigenvalue weighted by Gasteiger charge is 2.24. The molecule has 0 aliphatic rings. The molecule has 8 nitrogen and oxygen atoms in total. The van der Waals surface area contributed by atoms with Crippen molar-refractivity contribution in [3.63, 3.8) is 0 Å². The quantitative estimate of drug-likeness (QED) is 0.704. The standard InChI is InChI=1S/C19H23N5O3S/c1-13-17(18(25)22-28(26,27)11-9-19(2,3)4)21-23-24(13)15-7-8-16-14(12-15)6-5-10-20-16/h5-8,10,12H,9,11H2,1-4H3,(H,22,25). The molecule has 3 aromatic rings. The van der Waals surface area contributed by atoms with Crippen LogP contribution in [0.2, 0.25) is 0 Å². The highest BCUT2D eigenvalue weighted by molar-refractivity contribution is 7.90. The summed E-state index contributed by atoms with van der Waals surface area (Å²) in [6.45, 7) is 7.50. The summed E-state index contributed by atoms with van der Waals surface area (Å²) in [5.41, 5.74) is 1.83. The van der Waals surface area contributed by atoms with Gasteiger partial charge in [-0.15, -0.1) is 5.10 Å². The van der Waals surface area contributed by atoms with Crippen LogP contribution in [0.4, 0.5) is 0 Å². The Labute approximate surface area is 164 Å². The summed E-state index contributed by atoms with van der Waals surface area (Å²) in [5.74, 6) is -0.910. The van der Waals surface area contributed by atoms with Crippen molar-refractivity contribution < 1.29 is 13.2 Å². The van der Waals surface area contributed by atoms with E-state index in [0.29, 0.717) is 17.8 Å². The molecule has 2 heterocycles. The van der Waals surface area contributed by atoms with E-state index >= 15 is 0 Å². The van der Waals surface area contributed by atoms with Gasteiger partial charge in [0.05, 0.1) is 22.7 Å². The third kappa shape index (κ3) is 4.53. The van der Waals surface area contributed by atoms with Crippen LogP contribution in [0.1, 0.15) is 43.4 Å². The van der Waals surface area contributed by atoms with E-state index in [1.165, 1.54) is 4.68 Å². The Bertz CT molecular complexity index is 1130. The lowest BCUT2D eigenvalue weighted by molar-refractivity contribution is 0.0975. The zero-order valence-electron chi connectivity index (χ0n) is 16.3. The summed E-state index contributed by atoms with van der Waals surface area (Å²) >= 11 is 0. The Morgan fingerprint density at radius 3 is 2.68 bits per heavy atom. The Morgan fingerprint density at radius 2 is 1.96 bits per heavy atom. The molecule has 1 aromatic carbocycles. The maximum absolute atomic E-state index is 12.4. The zero-order chi connectivity index (χ0) is 20.5. The van der Waals surface area contributed by atoms with Crippen molar-refractivity contribution in [2.24, 2.45) is 5.41 Å². The molecule has 0 bridgehead atoms. The van der Waals surface area contributed by atoms with Gasteiger partial charge in [-0.05, 0) is 43.0 Å². The van der Waals surface area contributed by atoms with Crippen LogP contribution in [-0.2, 0) is 10.0 Å². The molecule has 0 aliphatic carbocycles. The van der Waals surface area contributed by atoms with Gasteiger partial charge < -0.3 is 0 Å². The maximum atomic E-state index is 12.4. The molecule has 9 heteroatoms. The zero-order valence-corrected chi connectivity index (χ0v) is 17.1. The second-order valence-electron chi connectivity index (χ2n) is 7.88. The lowest BCUT2D eigenvalue weighted by Gasteiger charge is -2.17. The molecule has 1 amide bonds. The van der Waals surface area contributed by atoms with Crippen LogP contribution in [0.25, 0.3) is 16.6 Å². The molecule has 0 spiro atoms. The molecule has 0 atom stereocenters. The van der Waals surface area contributed by atoms with E-state index in [1.807, 2.05) is 51.1 Å². The van der Waals surface area contributed by atoms with Crippen LogP contribution >= 0.6 is 0 Å². The molecular formula is C19H23N5O3S. The predicted molar refractivity (Wildman–Crippen MR) is 107 cm³/mol. The van der Waals surface area contributed by atoms with Crippen molar-refractivity contribution in [2.45, 2.75) is 34.1 Å². The first-order valence-electron chi connectivity index (χ1n) is 8.88. The SMILES string of the molecule is Cc1c(C(=O)NS(=O)(=O)CCC(C)(C)C)nnn1-c1ccc2ncccc2c1. The van der Waals surface area contributed by atoms with Crippen molar-refractivity contribution in [1.29, 1.82) is 0 Å². The van der Waals surface area contributed by atoms with Gasteiger partial charge in [-0.2, -0.15) is 0 Å². The average Bonchev–Trinajstić information content (AvgIpc) is 3.00. The summed E-state index contributed by atoms with van der Waals surface area (Å²) in [6.07, 6.45) is 2.15. The fourth-order valence-electron chi connectivity index (χ4n) is 2.66. The minimum Gasteiger partial charge on any atom is -0.266 e. The summed E-state index contributed by atoms with van der Waals surface area (Å²) < 4.78 is 28.0. The number of aromatic nitrogens is 4. The van der Waals surface area contributed by atoms with Gasteiger partial charge in [-0.25, -0.2) is 17.8 Å². The number of nitrogens with one attached hydrogen (secondary N) is 1. The minimum absolute atomic E-state index is 0.0226. The number of hydrogen-bond donors (Lipinski definition) is 1. The largest absolute Gasteiger partial charge is 0.287 e. The third-order valence-electron chi connectivity index (χ3n) is 4.31. The molecule has 0 unspecified atom stereocenters. The number of carbonyl (C=O) groups excluding carboxylic acids is 1. The van der Waals surface area contributed by atoms with E-state index in [9.17, 15) is 13.2 Å². The average molecular weight is 401 g/mol. The second kappa shape index (κ2) is 7.31. The maximum Gasteiger partial charge on any atom is 0.287 e. The number of rotatable bonds is 5. The van der Waals surface area contributed by atoms with Gasteiger partial charge in [-0.3, -0.25) is 9.78 Å². The van der Waals surface area contributed by atoms with Crippen molar-refractivity contribution in [1.82, 2.24) is 24.7 Å². The monoisotopic (exact) mass is 401 g/mol. The Balaban J connectivity index is 1.82. The molecule has 0 saturated carbocycles. The van der Waals surface area contributed by atoms with Gasteiger partial charge in [0.2, 0.25) is 10.0 Å². The molecule has 3 rings (SSSR count). The topological polar surface area (TPSA) is 107 Å². The van der Waals surface area contributed by atoms with Gasteiger partial charge in [0.1, 0.15) is 0 Å². The number of benzene rings is 1. The van der Waals surface area contributed by atoms with Crippen molar-refractivity contribution in [2.75, 3.05) is 5.75 Å². The molecule has 0 saturated heterocycles. The van der Waals surface area contributed by atoms with Crippen molar-refractivity contribution >= 4 is 26.8 Å². The van der Waals surface area contributed by atoms with E-state index < -0.39 is 15.9 Å². The lowest BCUT2D eigenvalue weighted by Crippen LogP contribution is -2.34. The van der Waals surface area contributed by atoms with E-state index in [-0.39, 0.29) is 16.9 Å². The van der Waals surface area contributed by atoms with Crippen LogP contribution in [0, 0.1) is 12.3 Å². The summed E-state index contributed by atoms with van der Waals surface area (Å²) in [7, 11) is -3.75. The molecule has 0 radical (unpaired) electrons. The Kier molecular flexibility index (Phi) is 5.20. The normalized spacial score (nSPS) is 12.3. The molecule has 28 heavy (non-hydrogen) atoms. The van der Waals surface area contributed by atoms with Crippen LogP contribution in [0.5, 0.6) is 0 Å². The summed E-state index contributed by atoms with van der Waals surface area (Å²) in [5, 5.41) is 8.83. The predicted octanol–water partition coefficient (Wildman–Crippen LogP) is 2.62. The number of nitrogens with zero attached hydrogens (tertiary/aromatic N) is 4. The van der Waals surface area contributed by atoms with Crippen LogP contribution in [0.15, 0.2) is 36.5 Å². The Hall–Kier alpha value is -2.81. The van der Waals surface area contributed by atoms with Gasteiger partial charge >= 0.3 is 0 Å². The first kappa shape index (κ1) is 19.9. The number of amides is 1. The number of carbonyl (C=O) groups is 1. The van der Waals surface area contributed by atoms with Crippen molar-refractivity contribution in [3.8, 4) is 5.69 Å². The van der Waals surface area contributed by atoms with Crippen LogP contribution in [-0.4, -0.2) is 40.1 Å². The molecule has 1 N–H and O–H groups in total. The molecule has 0 aliphatic heterocycles. The van der Waals surface area contributed by atoms with Gasteiger partial charge in [-0.1, -0.05) is 32.1 Å². The van der Waals surface area contributed by atoms with E-state index in [2.05, 4.69) is 20.0 Å². The fraction of sp³-hybridized carbons (Fsp3) is 0.368. The molecule has 148 valence electrons. The van der Waals surface area contributed by atoms with Gasteiger partial charge in [0.15, 0.2) is 5.69 Å². The number of hydrogen-bond acceptors (Lipinski definition) is 6. The van der Waals surface area contributed by atoms with E-state index in [0.717, 1.165) is 10.9 Å². The molecule has 0 fully saturated rings.